The normalized spacial score (nSPS) is 35.0. The van der Waals surface area contributed by atoms with Crippen LogP contribution in [0.4, 0.5) is 0 Å². The molecule has 1 saturated carbocycles. The number of hydrogen-bond donors (Lipinski definition) is 1. The van der Waals surface area contributed by atoms with Crippen LogP contribution in [0.1, 0.15) is 39.5 Å². The molecule has 0 radical (unpaired) electrons. The molecule has 2 heterocycles. The van der Waals surface area contributed by atoms with Gasteiger partial charge in [0.05, 0.1) is 6.61 Å². The maximum atomic E-state index is 12.9. The van der Waals surface area contributed by atoms with Gasteiger partial charge in [-0.1, -0.05) is 20.3 Å². The van der Waals surface area contributed by atoms with Gasteiger partial charge in [0.2, 0.25) is 11.8 Å². The Labute approximate surface area is 126 Å². The number of hydrogen-bond acceptors (Lipinski definition) is 3. The Bertz CT molecular complexity index is 416. The van der Waals surface area contributed by atoms with E-state index in [9.17, 15) is 9.59 Å². The van der Waals surface area contributed by atoms with Crippen molar-refractivity contribution in [3.05, 3.63) is 0 Å². The number of nitrogens with zero attached hydrogens (tertiary/aromatic N) is 1. The number of amides is 2. The third-order valence-corrected chi connectivity index (χ3v) is 5.21. The fourth-order valence-corrected chi connectivity index (χ4v) is 3.47. The molecule has 2 amide bonds. The van der Waals surface area contributed by atoms with Gasteiger partial charge < -0.3 is 15.0 Å². The lowest BCUT2D eigenvalue weighted by Crippen LogP contribution is -2.66. The Kier molecular flexibility index (Phi) is 4.20. The van der Waals surface area contributed by atoms with Crippen LogP contribution in [0.15, 0.2) is 0 Å². The lowest BCUT2D eigenvalue weighted by Gasteiger charge is -2.42. The summed E-state index contributed by atoms with van der Waals surface area (Å²) in [5, 5.41) is 2.98. The van der Waals surface area contributed by atoms with Crippen LogP contribution in [-0.2, 0) is 14.3 Å². The molecule has 2 saturated heterocycles. The molecule has 118 valence electrons. The highest BCUT2D eigenvalue weighted by Crippen LogP contribution is 2.38. The highest BCUT2D eigenvalue weighted by atomic mass is 16.5. The largest absolute Gasteiger partial charge is 0.381 e. The van der Waals surface area contributed by atoms with E-state index < -0.39 is 0 Å². The van der Waals surface area contributed by atoms with Crippen molar-refractivity contribution in [3.63, 3.8) is 0 Å². The van der Waals surface area contributed by atoms with Crippen molar-refractivity contribution in [2.75, 3.05) is 19.8 Å². The molecule has 4 unspecified atom stereocenters. The molecule has 0 bridgehead atoms. The second-order valence-corrected chi connectivity index (χ2v) is 6.87. The van der Waals surface area contributed by atoms with Gasteiger partial charge in [0.25, 0.3) is 0 Å². The number of rotatable bonds is 5. The summed E-state index contributed by atoms with van der Waals surface area (Å²) in [4.78, 5) is 27.3. The molecule has 0 aromatic rings. The van der Waals surface area contributed by atoms with Gasteiger partial charge in [0, 0.05) is 19.1 Å². The molecule has 5 heteroatoms. The smallest absolute Gasteiger partial charge is 0.246 e. The first-order valence-electron chi connectivity index (χ1n) is 8.30. The molecule has 0 aromatic carbocycles. The van der Waals surface area contributed by atoms with Crippen LogP contribution < -0.4 is 5.32 Å². The van der Waals surface area contributed by atoms with Gasteiger partial charge in [0.1, 0.15) is 12.1 Å². The first-order valence-corrected chi connectivity index (χ1v) is 8.30. The lowest BCUT2D eigenvalue weighted by molar-refractivity contribution is -0.152. The predicted octanol–water partition coefficient (Wildman–Crippen LogP) is 1.17. The monoisotopic (exact) mass is 294 g/mol. The van der Waals surface area contributed by atoms with Crippen LogP contribution >= 0.6 is 0 Å². The van der Waals surface area contributed by atoms with E-state index in [1.165, 1.54) is 0 Å². The molecule has 1 aliphatic carbocycles. The maximum absolute atomic E-state index is 12.9. The summed E-state index contributed by atoms with van der Waals surface area (Å²) in [6.45, 7) is 6.28. The van der Waals surface area contributed by atoms with Crippen molar-refractivity contribution < 1.29 is 14.3 Å². The second kappa shape index (κ2) is 5.95. The number of ether oxygens (including phenoxy) is 1. The lowest BCUT2D eigenvalue weighted by atomic mass is 9.92. The molecule has 0 spiro atoms. The quantitative estimate of drug-likeness (QED) is 0.828. The van der Waals surface area contributed by atoms with Crippen molar-refractivity contribution in [2.45, 2.75) is 51.6 Å². The first-order chi connectivity index (χ1) is 10.1. The molecule has 4 atom stereocenters. The van der Waals surface area contributed by atoms with Crippen molar-refractivity contribution in [1.82, 2.24) is 10.2 Å². The minimum atomic E-state index is -0.347. The number of carbonyl (C=O) groups excluding carboxylic acids is 2. The Morgan fingerprint density at radius 1 is 1.33 bits per heavy atom. The average molecular weight is 294 g/mol. The average Bonchev–Trinajstić information content (AvgIpc) is 3.17. The fraction of sp³-hybridized carbons (Fsp3) is 0.875. The minimum Gasteiger partial charge on any atom is -0.381 e. The standard InChI is InChI=1S/C16H26N2O3/c1-3-10(2)13-16(20)18(8-11-6-7-21-9-11)14(12-4-5-12)15(19)17-13/h10-14H,3-9H2,1-2H3,(H,17,19). The van der Waals surface area contributed by atoms with E-state index in [0.29, 0.717) is 18.4 Å². The topological polar surface area (TPSA) is 58.6 Å². The highest BCUT2D eigenvalue weighted by Gasteiger charge is 2.49. The number of carbonyl (C=O) groups is 2. The van der Waals surface area contributed by atoms with E-state index in [1.54, 1.807) is 0 Å². The molecular weight excluding hydrogens is 268 g/mol. The molecule has 3 aliphatic rings. The zero-order valence-electron chi connectivity index (χ0n) is 13.0. The maximum Gasteiger partial charge on any atom is 0.246 e. The van der Waals surface area contributed by atoms with E-state index in [-0.39, 0.29) is 29.8 Å². The second-order valence-electron chi connectivity index (χ2n) is 6.87. The summed E-state index contributed by atoms with van der Waals surface area (Å²) in [7, 11) is 0. The van der Waals surface area contributed by atoms with Gasteiger partial charge in [-0.25, -0.2) is 0 Å². The van der Waals surface area contributed by atoms with Gasteiger partial charge in [-0.15, -0.1) is 0 Å². The van der Waals surface area contributed by atoms with E-state index in [1.807, 2.05) is 11.8 Å². The Morgan fingerprint density at radius 3 is 2.67 bits per heavy atom. The van der Waals surface area contributed by atoms with Crippen LogP contribution in [-0.4, -0.2) is 48.6 Å². The van der Waals surface area contributed by atoms with Gasteiger partial charge >= 0.3 is 0 Å². The van der Waals surface area contributed by atoms with Gasteiger partial charge in [-0.05, 0) is 31.1 Å². The molecule has 5 nitrogen and oxygen atoms in total. The first kappa shape index (κ1) is 14.8. The SMILES string of the molecule is CCC(C)C1NC(=O)C(C2CC2)N(CC2CCOC2)C1=O. The van der Waals surface area contributed by atoms with Crippen molar-refractivity contribution in [2.24, 2.45) is 17.8 Å². The van der Waals surface area contributed by atoms with Gasteiger partial charge in [-0.2, -0.15) is 0 Å². The highest BCUT2D eigenvalue weighted by molar-refractivity contribution is 5.97. The van der Waals surface area contributed by atoms with Crippen molar-refractivity contribution in [3.8, 4) is 0 Å². The zero-order valence-corrected chi connectivity index (χ0v) is 13.0. The summed E-state index contributed by atoms with van der Waals surface area (Å²) in [6.07, 6.45) is 4.02. The van der Waals surface area contributed by atoms with E-state index in [0.717, 1.165) is 38.9 Å². The summed E-state index contributed by atoms with van der Waals surface area (Å²) in [5.41, 5.74) is 0. The summed E-state index contributed by atoms with van der Waals surface area (Å²) < 4.78 is 5.43. The van der Waals surface area contributed by atoms with Crippen LogP contribution in [0.2, 0.25) is 0 Å². The van der Waals surface area contributed by atoms with Crippen molar-refractivity contribution in [1.29, 1.82) is 0 Å². The van der Waals surface area contributed by atoms with E-state index in [2.05, 4.69) is 12.2 Å². The van der Waals surface area contributed by atoms with E-state index >= 15 is 0 Å². The van der Waals surface area contributed by atoms with E-state index in [4.69, 9.17) is 4.74 Å². The molecule has 1 N–H and O–H groups in total. The minimum absolute atomic E-state index is 0.0568. The summed E-state index contributed by atoms with van der Waals surface area (Å²) in [5.74, 6) is 1.12. The van der Waals surface area contributed by atoms with Crippen LogP contribution in [0.25, 0.3) is 0 Å². The Balaban J connectivity index is 1.78. The number of nitrogens with one attached hydrogen (secondary N) is 1. The molecule has 2 aliphatic heterocycles. The van der Waals surface area contributed by atoms with Crippen LogP contribution in [0.3, 0.4) is 0 Å². The van der Waals surface area contributed by atoms with Crippen LogP contribution in [0.5, 0.6) is 0 Å². The molecule has 0 aromatic heterocycles. The Hall–Kier alpha value is -1.10. The molecule has 3 fully saturated rings. The molecular formula is C16H26N2O3. The molecule has 3 rings (SSSR count). The van der Waals surface area contributed by atoms with Crippen molar-refractivity contribution >= 4 is 11.8 Å². The third kappa shape index (κ3) is 2.93. The zero-order chi connectivity index (χ0) is 15.0. The number of piperazine rings is 1. The molecule has 21 heavy (non-hydrogen) atoms. The van der Waals surface area contributed by atoms with Crippen LogP contribution in [0, 0.1) is 17.8 Å². The summed E-state index contributed by atoms with van der Waals surface area (Å²) >= 11 is 0. The summed E-state index contributed by atoms with van der Waals surface area (Å²) in [6, 6.07) is -0.585. The Morgan fingerprint density at radius 2 is 2.10 bits per heavy atom. The third-order valence-electron chi connectivity index (χ3n) is 5.21. The van der Waals surface area contributed by atoms with Gasteiger partial charge in [-0.3, -0.25) is 9.59 Å². The van der Waals surface area contributed by atoms with Gasteiger partial charge in [0.15, 0.2) is 0 Å². The predicted molar refractivity (Wildman–Crippen MR) is 78.5 cm³/mol. The fourth-order valence-electron chi connectivity index (χ4n) is 3.47.